The highest BCUT2D eigenvalue weighted by Crippen LogP contribution is 2.20. The van der Waals surface area contributed by atoms with Crippen LogP contribution in [0.15, 0.2) is 0 Å². The van der Waals surface area contributed by atoms with E-state index in [0.717, 1.165) is 5.75 Å². The number of aliphatic hydroxyl groups is 2. The Bertz CT molecular complexity index is 130. The Labute approximate surface area is 70.4 Å². The van der Waals surface area contributed by atoms with E-state index in [1.807, 2.05) is 0 Å². The largest absolute Gasteiger partial charge is 0.353 e. The summed E-state index contributed by atoms with van der Waals surface area (Å²) in [4.78, 5) is 1.60. The molecule has 1 heterocycles. The maximum absolute atomic E-state index is 9.37. The quantitative estimate of drug-likeness (QED) is 0.455. The Kier molecular flexibility index (Phi) is 3.15. The standard InChI is InChI=1S/C6H14N2O2S/c7-1-2-8-3-4-11-5-6(8,9)10/h9-10H,1-5,7H2. The first-order chi connectivity index (χ1) is 5.17. The second kappa shape index (κ2) is 3.73. The molecule has 1 fully saturated rings. The molecule has 0 aromatic rings. The van der Waals surface area contributed by atoms with Crippen LogP contribution in [0, 0.1) is 0 Å². The molecule has 0 bridgehead atoms. The van der Waals surface area contributed by atoms with Crippen LogP contribution >= 0.6 is 11.8 Å². The molecule has 0 aromatic heterocycles. The summed E-state index contributed by atoms with van der Waals surface area (Å²) in [7, 11) is 0. The summed E-state index contributed by atoms with van der Waals surface area (Å²) in [6.45, 7) is 1.72. The molecular formula is C6H14N2O2S. The third-order valence-corrected chi connectivity index (χ3v) is 2.77. The molecule has 0 amide bonds. The summed E-state index contributed by atoms with van der Waals surface area (Å²) in [6.07, 6.45) is 0. The van der Waals surface area contributed by atoms with Crippen LogP contribution in [0.4, 0.5) is 0 Å². The van der Waals surface area contributed by atoms with Crippen molar-refractivity contribution in [2.24, 2.45) is 5.73 Å². The van der Waals surface area contributed by atoms with E-state index in [-0.39, 0.29) is 0 Å². The molecule has 4 nitrogen and oxygen atoms in total. The Morgan fingerprint density at radius 3 is 2.82 bits per heavy atom. The van der Waals surface area contributed by atoms with E-state index >= 15 is 0 Å². The summed E-state index contributed by atoms with van der Waals surface area (Å²) in [5.74, 6) is -0.335. The van der Waals surface area contributed by atoms with Gasteiger partial charge in [-0.05, 0) is 0 Å². The molecule has 0 saturated carbocycles. The lowest BCUT2D eigenvalue weighted by atomic mass is 10.4. The van der Waals surface area contributed by atoms with Gasteiger partial charge in [-0.2, -0.15) is 11.8 Å². The molecule has 0 aromatic carbocycles. The van der Waals surface area contributed by atoms with Gasteiger partial charge in [0, 0.05) is 25.4 Å². The van der Waals surface area contributed by atoms with Gasteiger partial charge >= 0.3 is 0 Å². The Morgan fingerprint density at radius 2 is 2.27 bits per heavy atom. The van der Waals surface area contributed by atoms with Gasteiger partial charge in [0.25, 0.3) is 0 Å². The minimum Gasteiger partial charge on any atom is -0.353 e. The molecule has 5 heteroatoms. The zero-order valence-electron chi connectivity index (χ0n) is 6.36. The smallest absolute Gasteiger partial charge is 0.234 e. The van der Waals surface area contributed by atoms with E-state index < -0.39 is 5.91 Å². The molecular weight excluding hydrogens is 164 g/mol. The fourth-order valence-electron chi connectivity index (χ4n) is 1.10. The van der Waals surface area contributed by atoms with Gasteiger partial charge in [0.2, 0.25) is 5.91 Å². The third-order valence-electron chi connectivity index (χ3n) is 1.71. The monoisotopic (exact) mass is 178 g/mol. The summed E-state index contributed by atoms with van der Waals surface area (Å²) < 4.78 is 0. The van der Waals surface area contributed by atoms with Crippen LogP contribution < -0.4 is 5.73 Å². The van der Waals surface area contributed by atoms with Crippen molar-refractivity contribution in [1.29, 1.82) is 0 Å². The number of hydrogen-bond donors (Lipinski definition) is 3. The SMILES string of the molecule is NCCN1CCSCC1(O)O. The molecule has 0 radical (unpaired) electrons. The molecule has 1 aliphatic rings. The maximum Gasteiger partial charge on any atom is 0.234 e. The number of nitrogens with two attached hydrogens (primary N) is 1. The molecule has 0 atom stereocenters. The number of thioether (sulfide) groups is 1. The van der Waals surface area contributed by atoms with E-state index in [2.05, 4.69) is 0 Å². The lowest BCUT2D eigenvalue weighted by Gasteiger charge is -2.38. The first-order valence-electron chi connectivity index (χ1n) is 3.64. The number of nitrogens with zero attached hydrogens (tertiary/aromatic N) is 1. The van der Waals surface area contributed by atoms with E-state index in [0.29, 0.717) is 25.4 Å². The number of rotatable bonds is 2. The minimum absolute atomic E-state index is 0.354. The van der Waals surface area contributed by atoms with Crippen LogP contribution in [-0.2, 0) is 0 Å². The lowest BCUT2D eigenvalue weighted by molar-refractivity contribution is -0.246. The lowest BCUT2D eigenvalue weighted by Crippen LogP contribution is -2.55. The predicted molar refractivity (Wildman–Crippen MR) is 45.1 cm³/mol. The molecule has 0 spiro atoms. The van der Waals surface area contributed by atoms with Gasteiger partial charge in [0.1, 0.15) is 0 Å². The fraction of sp³-hybridized carbons (Fsp3) is 1.00. The van der Waals surface area contributed by atoms with Crippen LogP contribution in [0.1, 0.15) is 0 Å². The van der Waals surface area contributed by atoms with Crippen molar-refractivity contribution < 1.29 is 10.2 Å². The average molecular weight is 178 g/mol. The van der Waals surface area contributed by atoms with Crippen molar-refractivity contribution in [3.05, 3.63) is 0 Å². The molecule has 1 aliphatic heterocycles. The topological polar surface area (TPSA) is 69.7 Å². The molecule has 1 saturated heterocycles. The molecule has 66 valence electrons. The van der Waals surface area contributed by atoms with Gasteiger partial charge in [-0.1, -0.05) is 0 Å². The van der Waals surface area contributed by atoms with Gasteiger partial charge in [0.05, 0.1) is 5.75 Å². The minimum atomic E-state index is -1.64. The first kappa shape index (κ1) is 9.28. The fourth-order valence-corrected chi connectivity index (χ4v) is 2.05. The van der Waals surface area contributed by atoms with Crippen LogP contribution in [0.3, 0.4) is 0 Å². The van der Waals surface area contributed by atoms with Crippen LogP contribution in [0.5, 0.6) is 0 Å². The van der Waals surface area contributed by atoms with Crippen LogP contribution in [-0.4, -0.2) is 52.2 Å². The van der Waals surface area contributed by atoms with Crippen molar-refractivity contribution in [3.63, 3.8) is 0 Å². The summed E-state index contributed by atoms with van der Waals surface area (Å²) in [5, 5.41) is 18.7. The summed E-state index contributed by atoms with van der Waals surface area (Å²) in [5.41, 5.74) is 5.31. The highest BCUT2D eigenvalue weighted by Gasteiger charge is 2.33. The molecule has 4 N–H and O–H groups in total. The highest BCUT2D eigenvalue weighted by atomic mass is 32.2. The zero-order chi connectivity index (χ0) is 8.32. The normalized spacial score (nSPS) is 25.4. The number of hydrogen-bond acceptors (Lipinski definition) is 5. The van der Waals surface area contributed by atoms with Crippen LogP contribution in [0.2, 0.25) is 0 Å². The predicted octanol–water partition coefficient (Wildman–Crippen LogP) is -1.37. The van der Waals surface area contributed by atoms with Gasteiger partial charge in [-0.15, -0.1) is 0 Å². The second-order valence-corrected chi connectivity index (χ2v) is 3.71. The second-order valence-electron chi connectivity index (χ2n) is 2.60. The maximum atomic E-state index is 9.37. The summed E-state index contributed by atoms with van der Waals surface area (Å²) in [6, 6.07) is 0. The molecule has 0 aliphatic carbocycles. The average Bonchev–Trinajstić information content (AvgIpc) is 1.94. The first-order valence-corrected chi connectivity index (χ1v) is 4.80. The Morgan fingerprint density at radius 1 is 1.55 bits per heavy atom. The van der Waals surface area contributed by atoms with E-state index in [1.165, 1.54) is 0 Å². The Balaban J connectivity index is 2.45. The third kappa shape index (κ3) is 2.31. The van der Waals surface area contributed by atoms with Crippen molar-refractivity contribution in [2.45, 2.75) is 5.91 Å². The van der Waals surface area contributed by atoms with Crippen molar-refractivity contribution in [3.8, 4) is 0 Å². The van der Waals surface area contributed by atoms with E-state index in [9.17, 15) is 10.2 Å². The van der Waals surface area contributed by atoms with Crippen molar-refractivity contribution in [1.82, 2.24) is 4.90 Å². The summed E-state index contributed by atoms with van der Waals surface area (Å²) >= 11 is 1.55. The van der Waals surface area contributed by atoms with Gasteiger partial charge in [-0.25, -0.2) is 4.90 Å². The van der Waals surface area contributed by atoms with Crippen molar-refractivity contribution >= 4 is 11.8 Å². The highest BCUT2D eigenvalue weighted by molar-refractivity contribution is 7.99. The zero-order valence-corrected chi connectivity index (χ0v) is 7.18. The van der Waals surface area contributed by atoms with Crippen molar-refractivity contribution in [2.75, 3.05) is 31.1 Å². The van der Waals surface area contributed by atoms with E-state index in [1.54, 1.807) is 16.7 Å². The van der Waals surface area contributed by atoms with Gasteiger partial charge in [0.15, 0.2) is 0 Å². The van der Waals surface area contributed by atoms with E-state index in [4.69, 9.17) is 5.73 Å². The van der Waals surface area contributed by atoms with Gasteiger partial charge < -0.3 is 15.9 Å². The Hall–Kier alpha value is 0.190. The van der Waals surface area contributed by atoms with Gasteiger partial charge in [-0.3, -0.25) is 0 Å². The molecule has 0 unspecified atom stereocenters. The van der Waals surface area contributed by atoms with Crippen LogP contribution in [0.25, 0.3) is 0 Å². The molecule has 11 heavy (non-hydrogen) atoms. The molecule has 1 rings (SSSR count).